The summed E-state index contributed by atoms with van der Waals surface area (Å²) in [6, 6.07) is 0. The van der Waals surface area contributed by atoms with Gasteiger partial charge in [0.2, 0.25) is 0 Å². The molecule has 1 saturated heterocycles. The first kappa shape index (κ1) is 9.00. The molecule has 0 spiro atoms. The number of carboxylic acids is 1. The van der Waals surface area contributed by atoms with E-state index in [2.05, 4.69) is 0 Å². The first-order chi connectivity index (χ1) is 6.26. The van der Waals surface area contributed by atoms with Crippen molar-refractivity contribution in [1.82, 2.24) is 0 Å². The summed E-state index contributed by atoms with van der Waals surface area (Å²) in [6.07, 6.45) is 4.72. The zero-order chi connectivity index (χ0) is 9.31. The van der Waals surface area contributed by atoms with Gasteiger partial charge in [0.05, 0.1) is 5.41 Å². The van der Waals surface area contributed by atoms with E-state index in [1.807, 2.05) is 0 Å². The first-order valence-corrected chi connectivity index (χ1v) is 5.07. The molecule has 0 amide bonds. The van der Waals surface area contributed by atoms with Crippen LogP contribution in [0.2, 0.25) is 0 Å². The van der Waals surface area contributed by atoms with Gasteiger partial charge in [-0.25, -0.2) is 0 Å². The van der Waals surface area contributed by atoms with E-state index in [9.17, 15) is 9.90 Å². The molecule has 13 heavy (non-hydrogen) atoms. The largest absolute Gasteiger partial charge is 0.481 e. The molecule has 1 saturated carbocycles. The SMILES string of the molecule is O=C(O)C1(C2CCOCC2)CCC1. The molecule has 74 valence electrons. The van der Waals surface area contributed by atoms with Crippen molar-refractivity contribution in [3.8, 4) is 0 Å². The number of rotatable bonds is 2. The fourth-order valence-electron chi connectivity index (χ4n) is 2.60. The monoisotopic (exact) mass is 184 g/mol. The summed E-state index contributed by atoms with van der Waals surface area (Å²) >= 11 is 0. The lowest BCUT2D eigenvalue weighted by atomic mass is 9.59. The average molecular weight is 184 g/mol. The molecule has 0 aromatic carbocycles. The molecule has 2 rings (SSSR count). The van der Waals surface area contributed by atoms with E-state index in [4.69, 9.17) is 4.74 Å². The molecule has 0 aromatic rings. The average Bonchev–Trinajstić information content (AvgIpc) is 2.03. The van der Waals surface area contributed by atoms with E-state index in [0.717, 1.165) is 45.3 Å². The Morgan fingerprint density at radius 3 is 2.31 bits per heavy atom. The third-order valence-corrected chi connectivity index (χ3v) is 3.67. The highest BCUT2D eigenvalue weighted by atomic mass is 16.5. The molecule has 2 aliphatic rings. The molecule has 2 fully saturated rings. The van der Waals surface area contributed by atoms with Crippen LogP contribution in [-0.4, -0.2) is 24.3 Å². The topological polar surface area (TPSA) is 46.5 Å². The highest BCUT2D eigenvalue weighted by Crippen LogP contribution is 2.50. The highest BCUT2D eigenvalue weighted by molar-refractivity contribution is 5.76. The molecule has 0 radical (unpaired) electrons. The summed E-state index contributed by atoms with van der Waals surface area (Å²) in [4.78, 5) is 11.2. The normalized spacial score (nSPS) is 28.0. The van der Waals surface area contributed by atoms with Gasteiger partial charge in [0, 0.05) is 13.2 Å². The molecule has 0 unspecified atom stereocenters. The zero-order valence-electron chi connectivity index (χ0n) is 7.79. The standard InChI is InChI=1S/C10H16O3/c11-9(12)10(4-1-5-10)8-2-6-13-7-3-8/h8H,1-7H2,(H,11,12). The Kier molecular flexibility index (Phi) is 2.28. The van der Waals surface area contributed by atoms with Crippen molar-refractivity contribution in [2.45, 2.75) is 32.1 Å². The Balaban J connectivity index is 2.06. The predicted octanol–water partition coefficient (Wildman–Crippen LogP) is 1.67. The van der Waals surface area contributed by atoms with Crippen molar-refractivity contribution < 1.29 is 14.6 Å². The Morgan fingerprint density at radius 1 is 1.31 bits per heavy atom. The highest BCUT2D eigenvalue weighted by Gasteiger charge is 2.50. The van der Waals surface area contributed by atoms with Gasteiger partial charge >= 0.3 is 5.97 Å². The van der Waals surface area contributed by atoms with Crippen LogP contribution in [0.5, 0.6) is 0 Å². The van der Waals surface area contributed by atoms with E-state index in [1.54, 1.807) is 0 Å². The van der Waals surface area contributed by atoms with Crippen molar-refractivity contribution in [2.24, 2.45) is 11.3 Å². The molecular formula is C10H16O3. The molecule has 0 bridgehead atoms. The number of carbonyl (C=O) groups is 1. The van der Waals surface area contributed by atoms with Crippen LogP contribution < -0.4 is 0 Å². The summed E-state index contributed by atoms with van der Waals surface area (Å²) in [5.41, 5.74) is -0.371. The Morgan fingerprint density at radius 2 is 1.92 bits per heavy atom. The minimum Gasteiger partial charge on any atom is -0.481 e. The zero-order valence-corrected chi connectivity index (χ0v) is 7.79. The number of aliphatic carboxylic acids is 1. The summed E-state index contributed by atoms with van der Waals surface area (Å²) < 4.78 is 5.25. The van der Waals surface area contributed by atoms with Crippen molar-refractivity contribution in [2.75, 3.05) is 13.2 Å². The molecule has 0 aromatic heterocycles. The summed E-state index contributed by atoms with van der Waals surface area (Å²) in [5, 5.41) is 9.20. The summed E-state index contributed by atoms with van der Waals surface area (Å²) in [7, 11) is 0. The van der Waals surface area contributed by atoms with Gasteiger partial charge in [0.15, 0.2) is 0 Å². The fourth-order valence-corrected chi connectivity index (χ4v) is 2.60. The third-order valence-electron chi connectivity index (χ3n) is 3.67. The van der Waals surface area contributed by atoms with Crippen molar-refractivity contribution in [3.05, 3.63) is 0 Å². The molecule has 3 nitrogen and oxygen atoms in total. The smallest absolute Gasteiger partial charge is 0.309 e. The van der Waals surface area contributed by atoms with Crippen LogP contribution in [0.25, 0.3) is 0 Å². The van der Waals surface area contributed by atoms with Crippen LogP contribution >= 0.6 is 0 Å². The summed E-state index contributed by atoms with van der Waals surface area (Å²) in [5.74, 6) is -0.210. The van der Waals surface area contributed by atoms with Gasteiger partial charge in [0.1, 0.15) is 0 Å². The first-order valence-electron chi connectivity index (χ1n) is 5.07. The quantitative estimate of drug-likeness (QED) is 0.710. The predicted molar refractivity (Wildman–Crippen MR) is 47.5 cm³/mol. The lowest BCUT2D eigenvalue weighted by Crippen LogP contribution is -2.46. The van der Waals surface area contributed by atoms with E-state index in [1.165, 1.54) is 0 Å². The Hall–Kier alpha value is -0.570. The van der Waals surface area contributed by atoms with E-state index < -0.39 is 5.97 Å². The number of hydrogen-bond acceptors (Lipinski definition) is 2. The van der Waals surface area contributed by atoms with Crippen molar-refractivity contribution >= 4 is 5.97 Å². The molecule has 0 atom stereocenters. The Labute approximate surface area is 78.1 Å². The van der Waals surface area contributed by atoms with Gasteiger partial charge in [-0.15, -0.1) is 0 Å². The molecule has 1 aliphatic heterocycles. The van der Waals surface area contributed by atoms with Gasteiger partial charge in [-0.1, -0.05) is 6.42 Å². The maximum absolute atomic E-state index is 11.2. The lowest BCUT2D eigenvalue weighted by molar-refractivity contribution is -0.163. The van der Waals surface area contributed by atoms with Gasteiger partial charge in [-0.3, -0.25) is 4.79 Å². The molecule has 1 aliphatic carbocycles. The maximum Gasteiger partial charge on any atom is 0.309 e. The molecule has 1 heterocycles. The second-order valence-corrected chi connectivity index (χ2v) is 4.20. The minimum absolute atomic E-state index is 0.368. The van der Waals surface area contributed by atoms with Gasteiger partial charge in [-0.2, -0.15) is 0 Å². The number of ether oxygens (including phenoxy) is 1. The second-order valence-electron chi connectivity index (χ2n) is 4.20. The molecule has 3 heteroatoms. The minimum atomic E-state index is -0.578. The van der Waals surface area contributed by atoms with Crippen LogP contribution in [0, 0.1) is 11.3 Å². The second kappa shape index (κ2) is 3.29. The van der Waals surface area contributed by atoms with Crippen LogP contribution in [0.4, 0.5) is 0 Å². The van der Waals surface area contributed by atoms with Crippen LogP contribution in [0.15, 0.2) is 0 Å². The van der Waals surface area contributed by atoms with E-state index in [0.29, 0.717) is 5.92 Å². The third kappa shape index (κ3) is 1.35. The summed E-state index contributed by atoms with van der Waals surface area (Å²) in [6.45, 7) is 1.50. The van der Waals surface area contributed by atoms with Gasteiger partial charge in [-0.05, 0) is 31.6 Å². The maximum atomic E-state index is 11.2. The van der Waals surface area contributed by atoms with Gasteiger partial charge in [0.25, 0.3) is 0 Å². The molecular weight excluding hydrogens is 168 g/mol. The van der Waals surface area contributed by atoms with Crippen LogP contribution in [-0.2, 0) is 9.53 Å². The van der Waals surface area contributed by atoms with Gasteiger partial charge < -0.3 is 9.84 Å². The number of hydrogen-bond donors (Lipinski definition) is 1. The van der Waals surface area contributed by atoms with Crippen LogP contribution in [0.1, 0.15) is 32.1 Å². The Bertz CT molecular complexity index is 202. The van der Waals surface area contributed by atoms with Crippen molar-refractivity contribution in [3.63, 3.8) is 0 Å². The number of carboxylic acid groups (broad SMARTS) is 1. The van der Waals surface area contributed by atoms with Crippen LogP contribution in [0.3, 0.4) is 0 Å². The fraction of sp³-hybridized carbons (Fsp3) is 0.900. The lowest BCUT2D eigenvalue weighted by Gasteiger charge is -2.45. The van der Waals surface area contributed by atoms with Crippen molar-refractivity contribution in [1.29, 1.82) is 0 Å². The molecule has 1 N–H and O–H groups in total. The van der Waals surface area contributed by atoms with E-state index in [-0.39, 0.29) is 5.41 Å². The van der Waals surface area contributed by atoms with E-state index >= 15 is 0 Å².